The van der Waals surface area contributed by atoms with Crippen LogP contribution in [0.1, 0.15) is 27.1 Å². The topological polar surface area (TPSA) is 52.6 Å². The van der Waals surface area contributed by atoms with Crippen molar-refractivity contribution in [2.75, 3.05) is 13.2 Å². The summed E-state index contributed by atoms with van der Waals surface area (Å²) in [5, 5.41) is 0. The van der Waals surface area contributed by atoms with Gasteiger partial charge in [0.2, 0.25) is 0 Å². The second-order valence-electron chi connectivity index (χ2n) is 3.21. The van der Waals surface area contributed by atoms with Gasteiger partial charge in [0.05, 0.1) is 24.3 Å². The zero-order valence-electron chi connectivity index (χ0n) is 8.06. The zero-order chi connectivity index (χ0) is 10.7. The molecule has 1 aliphatic heterocycles. The molecule has 0 radical (unpaired) electrons. The second kappa shape index (κ2) is 4.13. The largest absolute Gasteiger partial charge is 0.462 e. The number of rotatable bonds is 0. The van der Waals surface area contributed by atoms with Crippen LogP contribution in [0.25, 0.3) is 0 Å². The Balaban J connectivity index is 2.36. The van der Waals surface area contributed by atoms with Crippen LogP contribution in [-0.2, 0) is 9.47 Å². The van der Waals surface area contributed by atoms with Gasteiger partial charge >= 0.3 is 11.9 Å². The standard InChI is InChI=1S/C11H10O4/c12-10-8-3-1-4-9(7-8)11(13)15-6-2-5-14-10/h1,3-4,7H,2,5-6H2. The molecule has 0 saturated heterocycles. The summed E-state index contributed by atoms with van der Waals surface area (Å²) in [5.74, 6) is -0.793. The molecule has 1 heterocycles. The molecular formula is C11H10O4. The molecule has 0 aliphatic carbocycles. The Hall–Kier alpha value is -1.84. The summed E-state index contributed by atoms with van der Waals surface area (Å²) in [6.07, 6.45) is 0.530. The number of hydrogen-bond acceptors (Lipinski definition) is 4. The first-order valence-electron chi connectivity index (χ1n) is 4.72. The molecule has 2 rings (SSSR count). The molecule has 1 aromatic rings. The summed E-state index contributed by atoms with van der Waals surface area (Å²) >= 11 is 0. The van der Waals surface area contributed by atoms with E-state index < -0.39 is 11.9 Å². The van der Waals surface area contributed by atoms with Crippen molar-refractivity contribution in [1.82, 2.24) is 0 Å². The lowest BCUT2D eigenvalue weighted by atomic mass is 10.1. The van der Waals surface area contributed by atoms with Crippen molar-refractivity contribution in [1.29, 1.82) is 0 Å². The second-order valence-corrected chi connectivity index (χ2v) is 3.21. The zero-order valence-corrected chi connectivity index (χ0v) is 8.06. The van der Waals surface area contributed by atoms with Crippen LogP contribution in [0.2, 0.25) is 0 Å². The van der Waals surface area contributed by atoms with Crippen molar-refractivity contribution in [3.05, 3.63) is 35.4 Å². The van der Waals surface area contributed by atoms with Crippen molar-refractivity contribution in [2.45, 2.75) is 6.42 Å². The molecule has 78 valence electrons. The van der Waals surface area contributed by atoms with E-state index in [0.29, 0.717) is 17.5 Å². The number of ether oxygens (including phenoxy) is 2. The van der Waals surface area contributed by atoms with E-state index in [1.54, 1.807) is 18.2 Å². The summed E-state index contributed by atoms with van der Waals surface area (Å²) in [6, 6.07) is 6.34. The minimum Gasteiger partial charge on any atom is -0.462 e. The minimum absolute atomic E-state index is 0.274. The molecule has 0 N–H and O–H groups in total. The van der Waals surface area contributed by atoms with Crippen molar-refractivity contribution < 1.29 is 19.1 Å². The van der Waals surface area contributed by atoms with Gasteiger partial charge in [-0.1, -0.05) is 6.07 Å². The van der Waals surface area contributed by atoms with Gasteiger partial charge in [0.1, 0.15) is 0 Å². The van der Waals surface area contributed by atoms with Gasteiger partial charge < -0.3 is 9.47 Å². The van der Waals surface area contributed by atoms with Crippen LogP contribution in [0, 0.1) is 0 Å². The van der Waals surface area contributed by atoms with E-state index in [4.69, 9.17) is 9.47 Å². The smallest absolute Gasteiger partial charge is 0.338 e. The van der Waals surface area contributed by atoms with Crippen molar-refractivity contribution in [3.8, 4) is 0 Å². The number of benzene rings is 1. The van der Waals surface area contributed by atoms with E-state index >= 15 is 0 Å². The summed E-state index contributed by atoms with van der Waals surface area (Å²) in [7, 11) is 0. The molecule has 4 nitrogen and oxygen atoms in total. The maximum absolute atomic E-state index is 11.4. The molecule has 15 heavy (non-hydrogen) atoms. The lowest BCUT2D eigenvalue weighted by Crippen LogP contribution is -2.14. The Morgan fingerprint density at radius 3 is 2.00 bits per heavy atom. The van der Waals surface area contributed by atoms with Crippen molar-refractivity contribution >= 4 is 11.9 Å². The Morgan fingerprint density at radius 2 is 1.47 bits per heavy atom. The van der Waals surface area contributed by atoms with Gasteiger partial charge in [-0.2, -0.15) is 0 Å². The van der Waals surface area contributed by atoms with Gasteiger partial charge in [0.25, 0.3) is 0 Å². The molecule has 0 amide bonds. The summed E-state index contributed by atoms with van der Waals surface area (Å²) in [6.45, 7) is 0.548. The molecule has 1 aromatic carbocycles. The fourth-order valence-electron chi connectivity index (χ4n) is 1.33. The van der Waals surface area contributed by atoms with E-state index in [2.05, 4.69) is 0 Å². The first kappa shape index (κ1) is 9.71. The Morgan fingerprint density at radius 1 is 0.933 bits per heavy atom. The van der Waals surface area contributed by atoms with Crippen LogP contribution in [-0.4, -0.2) is 25.2 Å². The number of cyclic esters (lactones) is 2. The monoisotopic (exact) mass is 206 g/mol. The average Bonchev–Trinajstić information content (AvgIpc) is 2.27. The van der Waals surface area contributed by atoms with Gasteiger partial charge in [0, 0.05) is 6.42 Å². The number of carbonyl (C=O) groups excluding carboxylic acids is 2. The number of hydrogen-bond donors (Lipinski definition) is 0. The summed E-state index contributed by atoms with van der Waals surface area (Å²) < 4.78 is 9.92. The normalized spacial score (nSPS) is 16.5. The van der Waals surface area contributed by atoms with Crippen LogP contribution in [0.15, 0.2) is 24.3 Å². The average molecular weight is 206 g/mol. The third kappa shape index (κ3) is 2.15. The highest BCUT2D eigenvalue weighted by Crippen LogP contribution is 2.10. The van der Waals surface area contributed by atoms with Crippen LogP contribution in [0.3, 0.4) is 0 Å². The molecule has 0 saturated carbocycles. The highest BCUT2D eigenvalue weighted by molar-refractivity contribution is 5.95. The maximum Gasteiger partial charge on any atom is 0.338 e. The van der Waals surface area contributed by atoms with Gasteiger partial charge in [-0.3, -0.25) is 0 Å². The van der Waals surface area contributed by atoms with E-state index in [-0.39, 0.29) is 13.2 Å². The Kier molecular flexibility index (Phi) is 2.67. The number of esters is 2. The highest BCUT2D eigenvalue weighted by Gasteiger charge is 2.14. The van der Waals surface area contributed by atoms with Crippen LogP contribution in [0.5, 0.6) is 0 Å². The fourth-order valence-corrected chi connectivity index (χ4v) is 1.33. The molecule has 2 bridgehead atoms. The third-order valence-corrected chi connectivity index (χ3v) is 2.09. The van der Waals surface area contributed by atoms with Crippen LogP contribution >= 0.6 is 0 Å². The van der Waals surface area contributed by atoms with E-state index in [1.165, 1.54) is 6.07 Å². The summed E-state index contributed by atoms with van der Waals surface area (Å²) in [5.41, 5.74) is 0.762. The maximum atomic E-state index is 11.4. The molecule has 0 spiro atoms. The Bertz CT molecular complexity index is 364. The first-order valence-corrected chi connectivity index (χ1v) is 4.72. The lowest BCUT2D eigenvalue weighted by molar-refractivity contribution is 0.0385. The van der Waals surface area contributed by atoms with Gasteiger partial charge in [-0.15, -0.1) is 0 Å². The van der Waals surface area contributed by atoms with Gasteiger partial charge in [-0.05, 0) is 18.2 Å². The highest BCUT2D eigenvalue weighted by atomic mass is 16.5. The predicted octanol–water partition coefficient (Wildman–Crippen LogP) is 1.40. The third-order valence-electron chi connectivity index (χ3n) is 2.09. The van der Waals surface area contributed by atoms with Gasteiger partial charge in [0.15, 0.2) is 0 Å². The molecule has 0 atom stereocenters. The quantitative estimate of drug-likeness (QED) is 0.602. The SMILES string of the molecule is O=C1OCCCOC(=O)c2cccc1c2. The molecule has 0 fully saturated rings. The van der Waals surface area contributed by atoms with Crippen molar-refractivity contribution in [3.63, 3.8) is 0 Å². The van der Waals surface area contributed by atoms with Crippen LogP contribution in [0.4, 0.5) is 0 Å². The van der Waals surface area contributed by atoms with E-state index in [9.17, 15) is 9.59 Å². The van der Waals surface area contributed by atoms with Gasteiger partial charge in [-0.25, -0.2) is 9.59 Å². The predicted molar refractivity (Wildman–Crippen MR) is 51.6 cm³/mol. The van der Waals surface area contributed by atoms with Crippen molar-refractivity contribution in [2.24, 2.45) is 0 Å². The molecule has 0 unspecified atom stereocenters. The minimum atomic E-state index is -0.397. The summed E-state index contributed by atoms with van der Waals surface area (Å²) in [4.78, 5) is 22.9. The molecule has 1 aliphatic rings. The lowest BCUT2D eigenvalue weighted by Gasteiger charge is -2.10. The Labute approximate surface area is 86.8 Å². The first-order chi connectivity index (χ1) is 7.27. The molecular weight excluding hydrogens is 196 g/mol. The fraction of sp³-hybridized carbons (Fsp3) is 0.273. The molecule has 0 aromatic heterocycles. The van der Waals surface area contributed by atoms with E-state index in [1.807, 2.05) is 0 Å². The number of carbonyl (C=O) groups is 2. The molecule has 4 heteroatoms. The van der Waals surface area contributed by atoms with E-state index in [0.717, 1.165) is 0 Å². The van der Waals surface area contributed by atoms with Crippen LogP contribution < -0.4 is 0 Å². The number of fused-ring (bicyclic) bond motifs is 2.